The van der Waals surface area contributed by atoms with Crippen molar-refractivity contribution < 1.29 is 14.6 Å². The molecule has 1 saturated carbocycles. The van der Waals surface area contributed by atoms with Gasteiger partial charge in [0, 0.05) is 13.7 Å². The Balaban J connectivity index is 2.11. The average Bonchev–Trinajstić information content (AvgIpc) is 2.87. The van der Waals surface area contributed by atoms with Crippen molar-refractivity contribution in [1.29, 1.82) is 0 Å². The van der Waals surface area contributed by atoms with Crippen LogP contribution < -0.4 is 5.32 Å². The molecule has 1 atom stereocenters. The van der Waals surface area contributed by atoms with Crippen LogP contribution in [0.4, 0.5) is 0 Å². The number of carboxylic acids is 1. The number of carbonyl (C=O) groups is 1. The Kier molecular flexibility index (Phi) is 4.18. The molecule has 76 valence electrons. The van der Waals surface area contributed by atoms with Crippen LogP contribution in [-0.4, -0.2) is 37.4 Å². The number of nitrogens with one attached hydrogen (secondary N) is 1. The van der Waals surface area contributed by atoms with Gasteiger partial charge in [0.2, 0.25) is 0 Å². The van der Waals surface area contributed by atoms with Gasteiger partial charge in [0.1, 0.15) is 6.04 Å². The van der Waals surface area contributed by atoms with Crippen LogP contribution in [0.2, 0.25) is 0 Å². The maximum Gasteiger partial charge on any atom is 0.320 e. The van der Waals surface area contributed by atoms with E-state index in [1.807, 2.05) is 0 Å². The largest absolute Gasteiger partial charge is 0.480 e. The highest BCUT2D eigenvalue weighted by atomic mass is 16.5. The molecule has 0 aromatic carbocycles. The zero-order valence-corrected chi connectivity index (χ0v) is 7.95. The van der Waals surface area contributed by atoms with E-state index in [4.69, 9.17) is 9.84 Å². The predicted molar refractivity (Wildman–Crippen MR) is 48.6 cm³/mol. The van der Waals surface area contributed by atoms with Gasteiger partial charge in [0.25, 0.3) is 0 Å². The highest BCUT2D eigenvalue weighted by molar-refractivity contribution is 5.74. The van der Waals surface area contributed by atoms with Crippen LogP contribution in [0.3, 0.4) is 0 Å². The second-order valence-corrected chi connectivity index (χ2v) is 3.45. The Labute approximate surface area is 78.3 Å². The summed E-state index contributed by atoms with van der Waals surface area (Å²) in [4.78, 5) is 10.8. The van der Waals surface area contributed by atoms with E-state index in [-0.39, 0.29) is 6.04 Å². The fourth-order valence-corrected chi connectivity index (χ4v) is 1.36. The summed E-state index contributed by atoms with van der Waals surface area (Å²) in [5, 5.41) is 11.9. The number of rotatable bonds is 7. The van der Waals surface area contributed by atoms with Gasteiger partial charge in [0.05, 0.1) is 0 Å². The summed E-state index contributed by atoms with van der Waals surface area (Å²) >= 11 is 0. The van der Waals surface area contributed by atoms with Crippen LogP contribution in [0.1, 0.15) is 19.3 Å². The first-order chi connectivity index (χ1) is 6.25. The molecule has 0 aromatic heterocycles. The van der Waals surface area contributed by atoms with Crippen molar-refractivity contribution in [1.82, 2.24) is 5.32 Å². The lowest BCUT2D eigenvalue weighted by Gasteiger charge is -2.12. The lowest BCUT2D eigenvalue weighted by atomic mass is 10.2. The van der Waals surface area contributed by atoms with Gasteiger partial charge in [-0.15, -0.1) is 0 Å². The van der Waals surface area contributed by atoms with E-state index in [1.165, 1.54) is 0 Å². The highest BCUT2D eigenvalue weighted by Gasteiger charge is 2.35. The van der Waals surface area contributed by atoms with Gasteiger partial charge in [-0.25, -0.2) is 0 Å². The molecule has 4 nitrogen and oxygen atoms in total. The minimum absolute atomic E-state index is 0.336. The SMILES string of the molecule is COCCCNC(C(=O)O)C1CC1. The van der Waals surface area contributed by atoms with Gasteiger partial charge in [-0.1, -0.05) is 0 Å². The van der Waals surface area contributed by atoms with Crippen LogP contribution in [0.25, 0.3) is 0 Å². The zero-order valence-electron chi connectivity index (χ0n) is 7.95. The first kappa shape index (κ1) is 10.5. The Morgan fingerprint density at radius 1 is 1.69 bits per heavy atom. The maximum atomic E-state index is 10.8. The minimum atomic E-state index is -0.722. The molecule has 0 bridgehead atoms. The lowest BCUT2D eigenvalue weighted by Crippen LogP contribution is -2.39. The van der Waals surface area contributed by atoms with E-state index in [0.29, 0.717) is 12.5 Å². The van der Waals surface area contributed by atoms with E-state index in [9.17, 15) is 4.79 Å². The molecular formula is C9H17NO3. The second kappa shape index (κ2) is 5.19. The maximum absolute atomic E-state index is 10.8. The van der Waals surface area contributed by atoms with Crippen LogP contribution in [0.5, 0.6) is 0 Å². The lowest BCUT2D eigenvalue weighted by molar-refractivity contribution is -0.140. The molecule has 1 fully saturated rings. The number of aliphatic carboxylic acids is 1. The smallest absolute Gasteiger partial charge is 0.320 e. The molecule has 0 heterocycles. The van der Waals surface area contributed by atoms with E-state index in [1.54, 1.807) is 7.11 Å². The third-order valence-corrected chi connectivity index (χ3v) is 2.25. The molecule has 0 aliphatic heterocycles. The standard InChI is InChI=1S/C9H17NO3/c1-13-6-2-5-10-8(9(11)12)7-3-4-7/h7-8,10H,2-6H2,1H3,(H,11,12). The molecule has 0 spiro atoms. The van der Waals surface area contributed by atoms with Crippen molar-refractivity contribution in [3.8, 4) is 0 Å². The Hall–Kier alpha value is -0.610. The first-order valence-corrected chi connectivity index (χ1v) is 4.71. The summed E-state index contributed by atoms with van der Waals surface area (Å²) in [6, 6.07) is -0.336. The normalized spacial score (nSPS) is 18.5. The first-order valence-electron chi connectivity index (χ1n) is 4.71. The summed E-state index contributed by atoms with van der Waals surface area (Å²) in [6.45, 7) is 1.41. The van der Waals surface area contributed by atoms with E-state index in [0.717, 1.165) is 25.8 Å². The van der Waals surface area contributed by atoms with Gasteiger partial charge >= 0.3 is 5.97 Å². The monoisotopic (exact) mass is 187 g/mol. The molecule has 2 N–H and O–H groups in total. The van der Waals surface area contributed by atoms with Crippen molar-refractivity contribution >= 4 is 5.97 Å². The van der Waals surface area contributed by atoms with Crippen LogP contribution in [0.15, 0.2) is 0 Å². The summed E-state index contributed by atoms with van der Waals surface area (Å²) in [6.07, 6.45) is 2.97. The predicted octanol–water partition coefficient (Wildman–Crippen LogP) is 0.476. The number of methoxy groups -OCH3 is 1. The number of hydrogen-bond acceptors (Lipinski definition) is 3. The fourth-order valence-electron chi connectivity index (χ4n) is 1.36. The average molecular weight is 187 g/mol. The van der Waals surface area contributed by atoms with Crippen LogP contribution >= 0.6 is 0 Å². The van der Waals surface area contributed by atoms with E-state index >= 15 is 0 Å². The quantitative estimate of drug-likeness (QED) is 0.569. The summed E-state index contributed by atoms with van der Waals surface area (Å²) in [5.74, 6) is -0.361. The molecule has 0 radical (unpaired) electrons. The van der Waals surface area contributed by atoms with Crippen LogP contribution in [0, 0.1) is 5.92 Å². The molecule has 0 saturated heterocycles. The molecule has 4 heteroatoms. The zero-order chi connectivity index (χ0) is 9.68. The van der Waals surface area contributed by atoms with Crippen molar-refractivity contribution in [2.45, 2.75) is 25.3 Å². The number of ether oxygens (including phenoxy) is 1. The molecule has 1 aliphatic carbocycles. The summed E-state index contributed by atoms with van der Waals surface area (Å²) in [7, 11) is 1.65. The van der Waals surface area contributed by atoms with Gasteiger partial charge in [-0.05, 0) is 31.7 Å². The van der Waals surface area contributed by atoms with Gasteiger partial charge in [0.15, 0.2) is 0 Å². The summed E-state index contributed by atoms with van der Waals surface area (Å²) < 4.78 is 4.87. The van der Waals surface area contributed by atoms with Gasteiger partial charge in [-0.3, -0.25) is 4.79 Å². The molecule has 13 heavy (non-hydrogen) atoms. The van der Waals surface area contributed by atoms with E-state index in [2.05, 4.69) is 5.32 Å². The highest BCUT2D eigenvalue weighted by Crippen LogP contribution is 2.32. The molecule has 1 aliphatic rings. The molecule has 0 aromatic rings. The summed E-state index contributed by atoms with van der Waals surface area (Å²) in [5.41, 5.74) is 0. The second-order valence-electron chi connectivity index (χ2n) is 3.45. The van der Waals surface area contributed by atoms with Crippen molar-refractivity contribution in [2.75, 3.05) is 20.3 Å². The Morgan fingerprint density at radius 2 is 2.38 bits per heavy atom. The third-order valence-electron chi connectivity index (χ3n) is 2.25. The van der Waals surface area contributed by atoms with Crippen LogP contribution in [-0.2, 0) is 9.53 Å². The van der Waals surface area contributed by atoms with Crippen molar-refractivity contribution in [3.05, 3.63) is 0 Å². The van der Waals surface area contributed by atoms with Gasteiger partial charge in [-0.2, -0.15) is 0 Å². The topological polar surface area (TPSA) is 58.6 Å². The van der Waals surface area contributed by atoms with Crippen molar-refractivity contribution in [3.63, 3.8) is 0 Å². The molecule has 1 unspecified atom stereocenters. The molecule has 1 rings (SSSR count). The molecule has 0 amide bonds. The number of carboxylic acid groups (broad SMARTS) is 1. The third kappa shape index (κ3) is 3.74. The van der Waals surface area contributed by atoms with Crippen molar-refractivity contribution in [2.24, 2.45) is 5.92 Å². The Morgan fingerprint density at radius 3 is 2.85 bits per heavy atom. The minimum Gasteiger partial charge on any atom is -0.480 e. The van der Waals surface area contributed by atoms with E-state index < -0.39 is 5.97 Å². The number of hydrogen-bond donors (Lipinski definition) is 2. The molecular weight excluding hydrogens is 170 g/mol. The Bertz CT molecular complexity index is 168. The van der Waals surface area contributed by atoms with Gasteiger partial charge < -0.3 is 15.2 Å². The fraction of sp³-hybridized carbons (Fsp3) is 0.889.